The number of pyridine rings is 1. The van der Waals surface area contributed by atoms with Crippen LogP contribution in [0, 0.1) is 6.92 Å². The van der Waals surface area contributed by atoms with Gasteiger partial charge in [-0.2, -0.15) is 0 Å². The Balaban J connectivity index is 2.06. The maximum Gasteiger partial charge on any atom is 0.142 e. The number of nitrogen functional groups attached to an aromatic ring is 1. The highest BCUT2D eigenvalue weighted by molar-refractivity contribution is 5.69. The summed E-state index contributed by atoms with van der Waals surface area (Å²) in [7, 11) is 0. The average molecular weight is 255 g/mol. The number of hydrogen-bond donors (Lipinski definition) is 1. The number of anilines is 3. The van der Waals surface area contributed by atoms with E-state index in [1.807, 2.05) is 37.4 Å². The molecule has 0 fully saturated rings. The second-order valence-electron chi connectivity index (χ2n) is 4.72. The van der Waals surface area contributed by atoms with Crippen molar-refractivity contribution in [3.63, 3.8) is 0 Å². The van der Waals surface area contributed by atoms with E-state index >= 15 is 0 Å². The predicted molar refractivity (Wildman–Crippen MR) is 76.9 cm³/mol. The van der Waals surface area contributed by atoms with Crippen LogP contribution in [-0.2, 0) is 0 Å². The first-order valence-corrected chi connectivity index (χ1v) is 6.47. The quantitative estimate of drug-likeness (QED) is 0.851. The third-order valence-corrected chi connectivity index (χ3v) is 3.35. The Morgan fingerprint density at radius 2 is 2.16 bits per heavy atom. The van der Waals surface area contributed by atoms with Gasteiger partial charge in [-0.1, -0.05) is 12.1 Å². The molecule has 0 atom stereocenters. The molecule has 0 amide bonds. The second-order valence-corrected chi connectivity index (χ2v) is 4.72. The van der Waals surface area contributed by atoms with Gasteiger partial charge in [0.2, 0.25) is 0 Å². The fraction of sp³-hybridized carbons (Fsp3) is 0.267. The van der Waals surface area contributed by atoms with Gasteiger partial charge in [-0.25, -0.2) is 4.98 Å². The lowest BCUT2D eigenvalue weighted by Crippen LogP contribution is -2.19. The number of aromatic nitrogens is 1. The molecule has 0 saturated heterocycles. The predicted octanol–water partition coefficient (Wildman–Crippen LogP) is 2.89. The fourth-order valence-corrected chi connectivity index (χ4v) is 2.24. The number of nitrogens with two attached hydrogens (primary N) is 1. The van der Waals surface area contributed by atoms with Gasteiger partial charge in [0, 0.05) is 24.5 Å². The molecule has 4 heteroatoms. The van der Waals surface area contributed by atoms with Crippen molar-refractivity contribution >= 4 is 17.2 Å². The van der Waals surface area contributed by atoms with Gasteiger partial charge in [-0.3, -0.25) is 0 Å². The number of aryl methyl sites for hydroxylation is 1. The lowest BCUT2D eigenvalue weighted by Gasteiger charge is -2.23. The van der Waals surface area contributed by atoms with E-state index in [2.05, 4.69) is 16.0 Å². The largest absolute Gasteiger partial charge is 0.491 e. The van der Waals surface area contributed by atoms with Crippen LogP contribution in [0.3, 0.4) is 0 Å². The molecule has 2 aromatic rings. The van der Waals surface area contributed by atoms with Crippen molar-refractivity contribution < 1.29 is 4.74 Å². The lowest BCUT2D eigenvalue weighted by molar-refractivity contribution is 0.322. The minimum absolute atomic E-state index is 0.731. The van der Waals surface area contributed by atoms with Crippen molar-refractivity contribution in [2.24, 2.45) is 0 Å². The van der Waals surface area contributed by atoms with Crippen LogP contribution < -0.4 is 15.4 Å². The molecule has 0 aliphatic carbocycles. The van der Waals surface area contributed by atoms with Gasteiger partial charge < -0.3 is 15.4 Å². The molecule has 4 nitrogen and oxygen atoms in total. The Hall–Kier alpha value is -2.23. The second kappa shape index (κ2) is 4.80. The minimum Gasteiger partial charge on any atom is -0.491 e. The van der Waals surface area contributed by atoms with Crippen molar-refractivity contribution in [1.82, 2.24) is 4.98 Å². The average Bonchev–Trinajstić information content (AvgIpc) is 2.64. The zero-order valence-corrected chi connectivity index (χ0v) is 11.0. The molecule has 0 bridgehead atoms. The zero-order chi connectivity index (χ0) is 13.2. The number of nitrogens with zero attached hydrogens (tertiary/aromatic N) is 2. The first-order chi connectivity index (χ1) is 9.25. The monoisotopic (exact) mass is 255 g/mol. The van der Waals surface area contributed by atoms with E-state index in [-0.39, 0.29) is 0 Å². The smallest absolute Gasteiger partial charge is 0.142 e. The molecular formula is C15H17N3O. The maximum atomic E-state index is 5.99. The summed E-state index contributed by atoms with van der Waals surface area (Å²) in [5.74, 6) is 1.78. The van der Waals surface area contributed by atoms with E-state index in [9.17, 15) is 0 Å². The highest BCUT2D eigenvalue weighted by Crippen LogP contribution is 2.35. The van der Waals surface area contributed by atoms with Crippen molar-refractivity contribution in [1.29, 1.82) is 0 Å². The Morgan fingerprint density at radius 3 is 3.00 bits per heavy atom. The first-order valence-electron chi connectivity index (χ1n) is 6.47. The number of ether oxygens (including phenoxy) is 1. The molecule has 1 aromatic carbocycles. The van der Waals surface area contributed by atoms with Crippen molar-refractivity contribution in [3.05, 3.63) is 42.1 Å². The fourth-order valence-electron chi connectivity index (χ4n) is 2.24. The molecule has 1 aliphatic rings. The summed E-state index contributed by atoms with van der Waals surface area (Å²) in [5.41, 5.74) is 8.81. The molecule has 3 rings (SSSR count). The number of rotatable bonds is 1. The van der Waals surface area contributed by atoms with Gasteiger partial charge in [0.25, 0.3) is 0 Å². The third-order valence-electron chi connectivity index (χ3n) is 3.35. The summed E-state index contributed by atoms with van der Waals surface area (Å²) < 4.78 is 5.75. The zero-order valence-electron chi connectivity index (χ0n) is 11.0. The summed E-state index contributed by atoms with van der Waals surface area (Å²) in [6.07, 6.45) is 2.78. The molecule has 0 saturated carbocycles. The van der Waals surface area contributed by atoms with Crippen LogP contribution in [0.5, 0.6) is 5.75 Å². The number of benzene rings is 1. The molecule has 19 heavy (non-hydrogen) atoms. The topological polar surface area (TPSA) is 51.4 Å². The molecular weight excluding hydrogens is 238 g/mol. The molecule has 0 spiro atoms. The van der Waals surface area contributed by atoms with Crippen molar-refractivity contribution in [2.45, 2.75) is 13.3 Å². The van der Waals surface area contributed by atoms with E-state index in [0.29, 0.717) is 0 Å². The van der Waals surface area contributed by atoms with Crippen LogP contribution >= 0.6 is 0 Å². The first kappa shape index (κ1) is 11.8. The number of hydrogen-bond acceptors (Lipinski definition) is 4. The maximum absolute atomic E-state index is 5.99. The van der Waals surface area contributed by atoms with Crippen LogP contribution in [-0.4, -0.2) is 18.1 Å². The lowest BCUT2D eigenvalue weighted by atomic mass is 10.2. The van der Waals surface area contributed by atoms with Crippen LogP contribution in [0.25, 0.3) is 0 Å². The summed E-state index contributed by atoms with van der Waals surface area (Å²) in [5, 5.41) is 0. The standard InChI is InChI=1S/C15H17N3O/c1-11-10-17-15(9-12(11)16)18-7-4-8-19-14-6-3-2-5-13(14)18/h2-3,5-6,9-10H,4,7-8H2,1H3,(H2,16,17). The van der Waals surface area contributed by atoms with Gasteiger partial charge in [-0.15, -0.1) is 0 Å². The summed E-state index contributed by atoms with van der Waals surface area (Å²) in [6.45, 7) is 3.58. The number of fused-ring (bicyclic) bond motifs is 1. The van der Waals surface area contributed by atoms with Crippen molar-refractivity contribution in [2.75, 3.05) is 23.8 Å². The Bertz CT molecular complexity index is 598. The van der Waals surface area contributed by atoms with Gasteiger partial charge in [-0.05, 0) is 31.0 Å². The molecule has 1 aliphatic heterocycles. The normalized spacial score (nSPS) is 14.5. The van der Waals surface area contributed by atoms with E-state index in [1.165, 1.54) is 0 Å². The minimum atomic E-state index is 0.731. The van der Waals surface area contributed by atoms with E-state index < -0.39 is 0 Å². The van der Waals surface area contributed by atoms with Gasteiger partial charge in [0.15, 0.2) is 0 Å². The third kappa shape index (κ3) is 2.21. The summed E-state index contributed by atoms with van der Waals surface area (Å²) >= 11 is 0. The Labute approximate surface area is 112 Å². The molecule has 2 N–H and O–H groups in total. The van der Waals surface area contributed by atoms with Crippen molar-refractivity contribution in [3.8, 4) is 5.75 Å². The number of para-hydroxylation sites is 2. The van der Waals surface area contributed by atoms with Crippen LogP contribution in [0.2, 0.25) is 0 Å². The van der Waals surface area contributed by atoms with Crippen LogP contribution in [0.4, 0.5) is 17.2 Å². The molecule has 1 aromatic heterocycles. The molecule has 0 radical (unpaired) electrons. The van der Waals surface area contributed by atoms with Gasteiger partial charge in [0.1, 0.15) is 11.6 Å². The van der Waals surface area contributed by atoms with E-state index in [4.69, 9.17) is 10.5 Å². The summed E-state index contributed by atoms with van der Waals surface area (Å²) in [6, 6.07) is 9.97. The van der Waals surface area contributed by atoms with E-state index in [1.54, 1.807) is 0 Å². The SMILES string of the molecule is Cc1cnc(N2CCCOc3ccccc32)cc1N. The molecule has 2 heterocycles. The Kier molecular flexibility index (Phi) is 2.99. The van der Waals surface area contributed by atoms with Gasteiger partial charge >= 0.3 is 0 Å². The van der Waals surface area contributed by atoms with Crippen LogP contribution in [0.1, 0.15) is 12.0 Å². The molecule has 98 valence electrons. The van der Waals surface area contributed by atoms with E-state index in [0.717, 1.165) is 48.1 Å². The molecule has 0 unspecified atom stereocenters. The van der Waals surface area contributed by atoms with Crippen LogP contribution in [0.15, 0.2) is 36.5 Å². The highest BCUT2D eigenvalue weighted by atomic mass is 16.5. The Morgan fingerprint density at radius 1 is 1.32 bits per heavy atom. The summed E-state index contributed by atoms with van der Waals surface area (Å²) in [4.78, 5) is 6.66. The van der Waals surface area contributed by atoms with Gasteiger partial charge in [0.05, 0.1) is 12.3 Å². The highest BCUT2D eigenvalue weighted by Gasteiger charge is 2.18.